The Labute approximate surface area is 153 Å². The zero-order valence-electron chi connectivity index (χ0n) is 15.1. The van der Waals surface area contributed by atoms with Gasteiger partial charge >= 0.3 is 0 Å². The quantitative estimate of drug-likeness (QED) is 0.719. The predicted octanol–water partition coefficient (Wildman–Crippen LogP) is 3.18. The summed E-state index contributed by atoms with van der Waals surface area (Å²) in [6.45, 7) is 6.59. The monoisotopic (exact) mass is 361 g/mol. The van der Waals surface area contributed by atoms with E-state index in [1.54, 1.807) is 5.38 Å². The number of rotatable bonds is 9. The molecule has 1 atom stereocenters. The average molecular weight is 362 g/mol. The van der Waals surface area contributed by atoms with E-state index in [0.29, 0.717) is 18.7 Å². The zero-order valence-corrected chi connectivity index (χ0v) is 15.9. The van der Waals surface area contributed by atoms with E-state index in [9.17, 15) is 4.79 Å². The highest BCUT2D eigenvalue weighted by molar-refractivity contribution is 7.09. The molecule has 6 heteroatoms. The molecule has 3 N–H and O–H groups in total. The number of nitrogens with zero attached hydrogens (tertiary/aromatic N) is 1. The lowest BCUT2D eigenvalue weighted by molar-refractivity contribution is 0.0934. The minimum Gasteiger partial charge on any atom is -0.491 e. The molecule has 2 rings (SSSR count). The van der Waals surface area contributed by atoms with Crippen molar-refractivity contribution in [2.24, 2.45) is 5.73 Å². The Morgan fingerprint density at radius 2 is 1.96 bits per heavy atom. The smallest absolute Gasteiger partial charge is 0.270 e. The van der Waals surface area contributed by atoms with E-state index in [-0.39, 0.29) is 18.1 Å². The van der Waals surface area contributed by atoms with Gasteiger partial charge in [0.05, 0.1) is 11.1 Å². The van der Waals surface area contributed by atoms with Crippen molar-refractivity contribution in [3.8, 4) is 5.75 Å². The van der Waals surface area contributed by atoms with Gasteiger partial charge in [0.2, 0.25) is 0 Å². The summed E-state index contributed by atoms with van der Waals surface area (Å²) in [5.74, 6) is 0.768. The Morgan fingerprint density at radius 1 is 1.24 bits per heavy atom. The first-order valence-electron chi connectivity index (χ1n) is 8.69. The molecule has 0 bridgehead atoms. The van der Waals surface area contributed by atoms with E-state index >= 15 is 0 Å². The summed E-state index contributed by atoms with van der Waals surface area (Å²) in [5.41, 5.74) is 7.23. The maximum Gasteiger partial charge on any atom is 0.270 e. The molecule has 1 heterocycles. The molecule has 0 saturated heterocycles. The van der Waals surface area contributed by atoms with Crippen molar-refractivity contribution in [3.05, 3.63) is 45.9 Å². The van der Waals surface area contributed by atoms with Crippen LogP contribution in [0.25, 0.3) is 0 Å². The number of amides is 1. The summed E-state index contributed by atoms with van der Waals surface area (Å²) in [7, 11) is 0. The van der Waals surface area contributed by atoms with Gasteiger partial charge in [0.25, 0.3) is 5.91 Å². The zero-order chi connectivity index (χ0) is 18.2. The van der Waals surface area contributed by atoms with Gasteiger partial charge in [0.1, 0.15) is 11.4 Å². The van der Waals surface area contributed by atoms with Gasteiger partial charge in [-0.15, -0.1) is 11.3 Å². The lowest BCUT2D eigenvalue weighted by atomic mass is 10.1. The standard InChI is InChI=1S/C19H27N3O2S/c1-13(2)24-16-8-6-15(7-9-16)5-4-14(3)21-19(23)17-12-25-18(22-17)10-11-20/h6-9,12-14H,4-5,10-11,20H2,1-3H3,(H,21,23). The number of carbonyl (C=O) groups excluding carboxylic acids is 1. The maximum atomic E-state index is 12.2. The van der Waals surface area contributed by atoms with Crippen LogP contribution in [0.3, 0.4) is 0 Å². The number of thiazole rings is 1. The van der Waals surface area contributed by atoms with Crippen LogP contribution in [0.4, 0.5) is 0 Å². The molecule has 1 amide bonds. The van der Waals surface area contributed by atoms with Crippen LogP contribution in [0.5, 0.6) is 5.75 Å². The Morgan fingerprint density at radius 3 is 2.60 bits per heavy atom. The van der Waals surface area contributed by atoms with Gasteiger partial charge in [-0.25, -0.2) is 4.98 Å². The molecule has 2 aromatic rings. The third-order valence-electron chi connectivity index (χ3n) is 3.68. The molecule has 1 aromatic heterocycles. The van der Waals surface area contributed by atoms with Crippen LogP contribution in [0.1, 0.15) is 48.3 Å². The Hall–Kier alpha value is -1.92. The molecule has 0 saturated carbocycles. The third-order valence-corrected chi connectivity index (χ3v) is 4.59. The number of hydrogen-bond donors (Lipinski definition) is 2. The molecule has 0 aliphatic rings. The largest absolute Gasteiger partial charge is 0.491 e. The first-order chi connectivity index (χ1) is 12.0. The number of nitrogens with one attached hydrogen (secondary N) is 1. The highest BCUT2D eigenvalue weighted by Gasteiger charge is 2.13. The molecule has 0 radical (unpaired) electrons. The van der Waals surface area contributed by atoms with Crippen molar-refractivity contribution in [1.29, 1.82) is 0 Å². The van der Waals surface area contributed by atoms with Crippen LogP contribution < -0.4 is 15.8 Å². The molecule has 0 spiro atoms. The lowest BCUT2D eigenvalue weighted by Crippen LogP contribution is -2.33. The summed E-state index contributed by atoms with van der Waals surface area (Å²) >= 11 is 1.48. The van der Waals surface area contributed by atoms with Crippen molar-refractivity contribution >= 4 is 17.2 Å². The van der Waals surface area contributed by atoms with Gasteiger partial charge in [0.15, 0.2) is 0 Å². The topological polar surface area (TPSA) is 77.2 Å². The lowest BCUT2D eigenvalue weighted by Gasteiger charge is -2.14. The maximum absolute atomic E-state index is 12.2. The molecular formula is C19H27N3O2S. The van der Waals surface area contributed by atoms with Gasteiger partial charge in [-0.1, -0.05) is 12.1 Å². The molecule has 0 fully saturated rings. The van der Waals surface area contributed by atoms with E-state index < -0.39 is 0 Å². The summed E-state index contributed by atoms with van der Waals surface area (Å²) in [4.78, 5) is 16.5. The van der Waals surface area contributed by atoms with E-state index in [1.807, 2.05) is 32.9 Å². The van der Waals surface area contributed by atoms with Crippen molar-refractivity contribution in [2.75, 3.05) is 6.54 Å². The van der Waals surface area contributed by atoms with Gasteiger partial charge in [0, 0.05) is 17.8 Å². The fourth-order valence-corrected chi connectivity index (χ4v) is 3.21. The number of nitrogens with two attached hydrogens (primary N) is 1. The van der Waals surface area contributed by atoms with Crippen LogP contribution in [0, 0.1) is 0 Å². The molecule has 0 aliphatic heterocycles. The molecule has 136 valence electrons. The molecule has 1 aromatic carbocycles. The van der Waals surface area contributed by atoms with Gasteiger partial charge in [-0.05, 0) is 57.9 Å². The number of carbonyl (C=O) groups is 1. The SMILES string of the molecule is CC(CCc1ccc(OC(C)C)cc1)NC(=O)c1csc(CCN)n1. The molecular weight excluding hydrogens is 334 g/mol. The Balaban J connectivity index is 1.79. The predicted molar refractivity (Wildman–Crippen MR) is 102 cm³/mol. The highest BCUT2D eigenvalue weighted by atomic mass is 32.1. The molecule has 25 heavy (non-hydrogen) atoms. The van der Waals surface area contributed by atoms with E-state index in [4.69, 9.17) is 10.5 Å². The van der Waals surface area contributed by atoms with Gasteiger partial charge in [-0.3, -0.25) is 4.79 Å². The van der Waals surface area contributed by atoms with Crippen LogP contribution in [-0.4, -0.2) is 29.6 Å². The number of aryl methyl sites for hydroxylation is 1. The first-order valence-corrected chi connectivity index (χ1v) is 9.57. The van der Waals surface area contributed by atoms with Crippen LogP contribution in [0.2, 0.25) is 0 Å². The van der Waals surface area contributed by atoms with Crippen molar-refractivity contribution in [2.45, 2.75) is 52.2 Å². The normalized spacial score (nSPS) is 12.2. The van der Waals surface area contributed by atoms with Crippen molar-refractivity contribution in [3.63, 3.8) is 0 Å². The minimum absolute atomic E-state index is 0.0822. The van der Waals surface area contributed by atoms with Crippen LogP contribution in [0.15, 0.2) is 29.6 Å². The molecule has 1 unspecified atom stereocenters. The molecule has 0 aliphatic carbocycles. The van der Waals surface area contributed by atoms with Crippen molar-refractivity contribution < 1.29 is 9.53 Å². The Bertz CT molecular complexity index is 668. The fraction of sp³-hybridized carbons (Fsp3) is 0.474. The van der Waals surface area contributed by atoms with Gasteiger partial charge in [-0.2, -0.15) is 0 Å². The second kappa shape index (κ2) is 9.53. The number of hydrogen-bond acceptors (Lipinski definition) is 5. The van der Waals surface area contributed by atoms with Crippen molar-refractivity contribution in [1.82, 2.24) is 10.3 Å². The van der Waals surface area contributed by atoms with E-state index in [0.717, 1.165) is 23.6 Å². The summed E-state index contributed by atoms with van der Waals surface area (Å²) in [6, 6.07) is 8.22. The van der Waals surface area contributed by atoms with E-state index in [2.05, 4.69) is 22.4 Å². The second-order valence-corrected chi connectivity index (χ2v) is 7.33. The third kappa shape index (κ3) is 6.48. The Kier molecular flexibility index (Phi) is 7.40. The number of ether oxygens (including phenoxy) is 1. The average Bonchev–Trinajstić information content (AvgIpc) is 3.03. The highest BCUT2D eigenvalue weighted by Crippen LogP contribution is 2.15. The fourth-order valence-electron chi connectivity index (χ4n) is 2.41. The summed E-state index contributed by atoms with van der Waals surface area (Å²) in [5, 5.41) is 5.71. The van der Waals surface area contributed by atoms with Gasteiger partial charge < -0.3 is 15.8 Å². The summed E-state index contributed by atoms with van der Waals surface area (Å²) < 4.78 is 5.64. The summed E-state index contributed by atoms with van der Waals surface area (Å²) in [6.07, 6.45) is 2.66. The van der Waals surface area contributed by atoms with E-state index in [1.165, 1.54) is 16.9 Å². The molecule has 5 nitrogen and oxygen atoms in total. The number of benzene rings is 1. The first kappa shape index (κ1) is 19.4. The number of aromatic nitrogens is 1. The minimum atomic E-state index is -0.118. The second-order valence-electron chi connectivity index (χ2n) is 6.39. The van der Waals surface area contributed by atoms with Crippen LogP contribution in [-0.2, 0) is 12.8 Å². The van der Waals surface area contributed by atoms with Crippen LogP contribution >= 0.6 is 11.3 Å².